The second kappa shape index (κ2) is 10.3. The van der Waals surface area contributed by atoms with Crippen molar-refractivity contribution >= 4 is 71.5 Å². The fraction of sp³-hybridized carbons (Fsp3) is 0.217. The molecule has 1 aliphatic rings. The van der Waals surface area contributed by atoms with Gasteiger partial charge in [-0.3, -0.25) is 9.78 Å². The number of rotatable bonds is 8. The van der Waals surface area contributed by atoms with Crippen LogP contribution in [0.4, 0.5) is 19.3 Å². The molecule has 1 fully saturated rings. The van der Waals surface area contributed by atoms with Crippen molar-refractivity contribution in [3.63, 3.8) is 0 Å². The van der Waals surface area contributed by atoms with E-state index < -0.39 is 56.5 Å². The number of benzene rings is 2. The Kier molecular flexibility index (Phi) is 7.45. The molecule has 4 rings (SSSR count). The van der Waals surface area contributed by atoms with Crippen LogP contribution in [0.2, 0.25) is 15.5 Å². The number of carbonyl (C=O) groups excluding carboxylic acids is 2. The van der Waals surface area contributed by atoms with E-state index >= 15 is 4.39 Å². The molecule has 1 heterocycles. The number of hydrogen-bond donors (Lipinski definition) is 3. The number of urea groups is 1. The van der Waals surface area contributed by atoms with Gasteiger partial charge in [-0.2, -0.15) is 5.26 Å². The van der Waals surface area contributed by atoms with Gasteiger partial charge in [0.05, 0.1) is 60.6 Å². The highest BCUT2D eigenvalue weighted by atomic mass is 35.5. The molecule has 8 radical (unpaired) electrons. The second-order valence-corrected chi connectivity index (χ2v) is 9.04. The quantitative estimate of drug-likeness (QED) is 0.228. The summed E-state index contributed by atoms with van der Waals surface area (Å²) in [7, 11) is 22.7. The summed E-state index contributed by atoms with van der Waals surface area (Å²) >= 11 is 6.04. The predicted molar refractivity (Wildman–Crippen MR) is 142 cm³/mol. The Labute approximate surface area is 231 Å². The molecule has 39 heavy (non-hydrogen) atoms. The Morgan fingerprint density at radius 1 is 1.18 bits per heavy atom. The maximum absolute atomic E-state index is 15.1. The van der Waals surface area contributed by atoms with Crippen molar-refractivity contribution in [2.45, 2.75) is 22.9 Å². The van der Waals surface area contributed by atoms with Crippen molar-refractivity contribution in [2.75, 3.05) is 11.9 Å². The van der Waals surface area contributed by atoms with Crippen LogP contribution in [-0.2, 0) is 0 Å². The van der Waals surface area contributed by atoms with Crippen LogP contribution in [-0.4, -0.2) is 61.0 Å². The summed E-state index contributed by atoms with van der Waals surface area (Å²) < 4.78 is 41.1. The van der Waals surface area contributed by atoms with Crippen molar-refractivity contribution in [2.24, 2.45) is 5.73 Å². The first-order chi connectivity index (χ1) is 18.3. The van der Waals surface area contributed by atoms with Gasteiger partial charge in [-0.1, -0.05) is 22.0 Å². The molecule has 0 spiro atoms. The third-order valence-corrected chi connectivity index (χ3v) is 6.38. The van der Waals surface area contributed by atoms with E-state index in [1.807, 2.05) is 6.07 Å². The van der Waals surface area contributed by atoms with E-state index in [0.29, 0.717) is 0 Å². The Hall–Kier alpha value is -3.91. The van der Waals surface area contributed by atoms with Crippen molar-refractivity contribution in [1.29, 1.82) is 5.26 Å². The van der Waals surface area contributed by atoms with E-state index in [-0.39, 0.29) is 41.0 Å². The minimum Gasteiger partial charge on any atom is -0.492 e. The van der Waals surface area contributed by atoms with Gasteiger partial charge in [0.1, 0.15) is 23.1 Å². The zero-order valence-electron chi connectivity index (χ0n) is 19.9. The topological polar surface area (TPSA) is 139 Å². The van der Waals surface area contributed by atoms with Crippen molar-refractivity contribution in [3.8, 4) is 23.3 Å². The van der Waals surface area contributed by atoms with E-state index in [1.54, 1.807) is 0 Å². The largest absolute Gasteiger partial charge is 0.492 e. The Bertz CT molecular complexity index is 1540. The number of carbonyl (C=O) groups is 2. The minimum absolute atomic E-state index is 0.00883. The van der Waals surface area contributed by atoms with Gasteiger partial charge in [-0.25, -0.2) is 13.6 Å². The van der Waals surface area contributed by atoms with Gasteiger partial charge in [-0.15, -0.1) is 0 Å². The molecule has 0 aliphatic heterocycles. The van der Waals surface area contributed by atoms with Crippen LogP contribution >= 0.6 is 11.6 Å². The second-order valence-electron chi connectivity index (χ2n) is 8.66. The van der Waals surface area contributed by atoms with Crippen LogP contribution < -0.4 is 25.8 Å². The molecule has 1 aromatic heterocycles. The average molecular weight is 541 g/mol. The summed E-state index contributed by atoms with van der Waals surface area (Å²) in [6.07, 6.45) is 1.35. The number of nitriles is 1. The van der Waals surface area contributed by atoms with Gasteiger partial charge in [0.15, 0.2) is 17.4 Å². The Morgan fingerprint density at radius 2 is 1.87 bits per heavy atom. The molecule has 0 unspecified atom stereocenters. The lowest BCUT2D eigenvalue weighted by molar-refractivity contribution is 0.0996. The number of amides is 3. The molecular formula is C23H14B4ClF2N5O4. The molecule has 3 aromatic rings. The zero-order chi connectivity index (χ0) is 28.7. The van der Waals surface area contributed by atoms with E-state index in [0.717, 1.165) is 6.07 Å². The number of hydrogen-bond acceptors (Lipinski definition) is 6. The summed E-state index contributed by atoms with van der Waals surface area (Å²) in [5, 5.41) is 9.49. The van der Waals surface area contributed by atoms with Crippen molar-refractivity contribution in [3.05, 3.63) is 52.7 Å². The fourth-order valence-electron chi connectivity index (χ4n) is 3.72. The number of aromatic nitrogens is 1. The molecule has 16 heteroatoms. The summed E-state index contributed by atoms with van der Waals surface area (Å²) in [6.45, 7) is -0.00883. The summed E-state index contributed by atoms with van der Waals surface area (Å²) in [5.41, 5.74) is 5.17. The number of halogens is 3. The van der Waals surface area contributed by atoms with E-state index in [4.69, 9.17) is 63.5 Å². The molecule has 0 atom stereocenters. The molecule has 9 nitrogen and oxygen atoms in total. The molecule has 4 N–H and O–H groups in total. The van der Waals surface area contributed by atoms with Crippen LogP contribution in [0.25, 0.3) is 10.9 Å². The highest BCUT2D eigenvalue weighted by Gasteiger charge is 2.62. The number of ether oxygens (including phenoxy) is 2. The predicted octanol–water partition coefficient (Wildman–Crippen LogP) is 2.76. The van der Waals surface area contributed by atoms with Gasteiger partial charge >= 0.3 is 6.03 Å². The lowest BCUT2D eigenvalue weighted by atomic mass is 9.49. The van der Waals surface area contributed by atoms with Crippen LogP contribution in [0.15, 0.2) is 30.5 Å². The molecule has 0 bridgehead atoms. The standard InChI is InChI=1S/C23H14B4ClF2N5O4/c24-22(25)20(23(22,26)27)35-21(37)34-13-7-11(29)18(17(30)16(13)28)39-14-2-4-33-12-8-15(38-5-1-3-31)10(19(32)36)6-9(12)14/h2,4,6-8,20H,1,5H2,(H2,32,36)(H2,34,35,37). The minimum atomic E-state index is -1.59. The van der Waals surface area contributed by atoms with Crippen LogP contribution in [0.5, 0.6) is 17.2 Å². The number of nitrogens with one attached hydrogen (secondary N) is 2. The smallest absolute Gasteiger partial charge is 0.319 e. The molecular weight excluding hydrogens is 527 g/mol. The average Bonchev–Trinajstić information content (AvgIpc) is 3.26. The van der Waals surface area contributed by atoms with E-state index in [1.165, 1.54) is 24.4 Å². The van der Waals surface area contributed by atoms with E-state index in [9.17, 15) is 14.0 Å². The van der Waals surface area contributed by atoms with Gasteiger partial charge in [-0.05, 0) is 12.1 Å². The van der Waals surface area contributed by atoms with Crippen molar-refractivity contribution < 1.29 is 27.8 Å². The van der Waals surface area contributed by atoms with E-state index in [2.05, 4.69) is 15.6 Å². The molecule has 188 valence electrons. The van der Waals surface area contributed by atoms with Crippen LogP contribution in [0.3, 0.4) is 0 Å². The molecule has 2 aromatic carbocycles. The normalized spacial score (nSPS) is 15.2. The molecule has 1 aliphatic carbocycles. The zero-order valence-corrected chi connectivity index (χ0v) is 20.7. The number of primary amides is 1. The number of anilines is 1. The van der Waals surface area contributed by atoms with Crippen molar-refractivity contribution in [1.82, 2.24) is 10.3 Å². The highest BCUT2D eigenvalue weighted by Crippen LogP contribution is 2.67. The summed E-state index contributed by atoms with van der Waals surface area (Å²) in [6, 6.07) is 4.58. The van der Waals surface area contributed by atoms with Gasteiger partial charge in [0.25, 0.3) is 5.91 Å². The third kappa shape index (κ3) is 5.21. The Morgan fingerprint density at radius 3 is 2.49 bits per heavy atom. The Balaban J connectivity index is 1.62. The first-order valence-electron chi connectivity index (χ1n) is 11.1. The maximum Gasteiger partial charge on any atom is 0.319 e. The highest BCUT2D eigenvalue weighted by molar-refractivity contribution is 6.61. The van der Waals surface area contributed by atoms with Gasteiger partial charge in [0, 0.05) is 29.8 Å². The lowest BCUT2D eigenvalue weighted by Crippen LogP contribution is -2.34. The van der Waals surface area contributed by atoms with Gasteiger partial charge < -0.3 is 25.8 Å². The lowest BCUT2D eigenvalue weighted by Gasteiger charge is -2.16. The van der Waals surface area contributed by atoms with Crippen LogP contribution in [0.1, 0.15) is 16.8 Å². The monoisotopic (exact) mass is 541 g/mol. The summed E-state index contributed by atoms with van der Waals surface area (Å²) in [5.74, 6) is -4.36. The first kappa shape index (κ1) is 28.1. The number of nitrogens with zero attached hydrogens (tertiary/aromatic N) is 2. The molecule has 1 saturated carbocycles. The first-order valence-corrected chi connectivity index (χ1v) is 11.5. The number of fused-ring (bicyclic) bond motifs is 1. The van der Waals surface area contributed by atoms with Crippen LogP contribution in [0, 0.1) is 23.0 Å². The molecule has 3 amide bonds. The maximum atomic E-state index is 15.1. The summed E-state index contributed by atoms with van der Waals surface area (Å²) in [4.78, 5) is 28.4. The number of nitrogens with two attached hydrogens (primary N) is 1. The molecule has 0 saturated heterocycles. The fourth-order valence-corrected chi connectivity index (χ4v) is 3.91. The van der Waals surface area contributed by atoms with Gasteiger partial charge in [0.2, 0.25) is 0 Å². The third-order valence-electron chi connectivity index (χ3n) is 6.01. The SMILES string of the molecule is [B]C1([B])C(NC(=O)Nc2cc(F)c(Oc3ccnc4cc(OCCC#N)c(C(N)=O)cc34)c(F)c2Cl)C1([B])[B]. The number of pyridine rings is 1.